The summed E-state index contributed by atoms with van der Waals surface area (Å²) < 4.78 is 0. The molecule has 0 amide bonds. The lowest BCUT2D eigenvalue weighted by atomic mass is 10.1. The highest BCUT2D eigenvalue weighted by Gasteiger charge is 2.10. The molecule has 2 rings (SSSR count). The number of aryl methyl sites for hydroxylation is 1. The van der Waals surface area contributed by atoms with Crippen LogP contribution >= 0.6 is 0 Å². The van der Waals surface area contributed by atoms with Gasteiger partial charge < -0.3 is 15.7 Å². The summed E-state index contributed by atoms with van der Waals surface area (Å²) in [6, 6.07) is 13.2. The third-order valence-electron chi connectivity index (χ3n) is 3.38. The van der Waals surface area contributed by atoms with Crippen molar-refractivity contribution in [3.05, 3.63) is 53.6 Å². The summed E-state index contributed by atoms with van der Waals surface area (Å²) in [4.78, 5) is 12.9. The zero-order valence-corrected chi connectivity index (χ0v) is 11.6. The zero-order chi connectivity index (χ0) is 14.7. The fraction of sp³-hybridized carbons (Fsp3) is 0.188. The monoisotopic (exact) mass is 270 g/mol. The van der Waals surface area contributed by atoms with E-state index in [0.717, 1.165) is 17.8 Å². The molecule has 104 valence electrons. The number of aromatic carboxylic acids is 1. The molecule has 2 aromatic carbocycles. The van der Waals surface area contributed by atoms with Crippen molar-refractivity contribution in [2.45, 2.75) is 13.3 Å². The van der Waals surface area contributed by atoms with Gasteiger partial charge in [-0.05, 0) is 42.3 Å². The van der Waals surface area contributed by atoms with E-state index in [1.807, 2.05) is 24.1 Å². The van der Waals surface area contributed by atoms with Gasteiger partial charge in [0.1, 0.15) is 0 Å². The van der Waals surface area contributed by atoms with Gasteiger partial charge in [0, 0.05) is 24.1 Å². The van der Waals surface area contributed by atoms with Crippen LogP contribution in [0.5, 0.6) is 0 Å². The second kappa shape index (κ2) is 5.65. The Hall–Kier alpha value is -2.49. The van der Waals surface area contributed by atoms with E-state index in [2.05, 4.69) is 19.1 Å². The quantitative estimate of drug-likeness (QED) is 0.836. The van der Waals surface area contributed by atoms with Gasteiger partial charge in [0.15, 0.2) is 0 Å². The van der Waals surface area contributed by atoms with Crippen molar-refractivity contribution in [2.75, 3.05) is 17.7 Å². The van der Waals surface area contributed by atoms with E-state index in [9.17, 15) is 4.79 Å². The van der Waals surface area contributed by atoms with Crippen molar-refractivity contribution in [2.24, 2.45) is 0 Å². The molecule has 0 saturated carbocycles. The Morgan fingerprint density at radius 1 is 1.15 bits per heavy atom. The van der Waals surface area contributed by atoms with Crippen LogP contribution < -0.4 is 10.6 Å². The summed E-state index contributed by atoms with van der Waals surface area (Å²) >= 11 is 0. The largest absolute Gasteiger partial charge is 0.478 e. The number of anilines is 3. The highest BCUT2D eigenvalue weighted by molar-refractivity contribution is 5.94. The van der Waals surface area contributed by atoms with Crippen LogP contribution in [0.25, 0.3) is 0 Å². The normalized spacial score (nSPS) is 10.3. The Balaban J connectivity index is 2.30. The third-order valence-corrected chi connectivity index (χ3v) is 3.38. The first-order chi connectivity index (χ1) is 9.52. The molecule has 0 aromatic heterocycles. The molecule has 4 nitrogen and oxygen atoms in total. The molecule has 0 aliphatic carbocycles. The van der Waals surface area contributed by atoms with E-state index < -0.39 is 5.97 Å². The van der Waals surface area contributed by atoms with Crippen LogP contribution in [0.4, 0.5) is 17.1 Å². The maximum atomic E-state index is 10.9. The van der Waals surface area contributed by atoms with Crippen molar-refractivity contribution >= 4 is 23.0 Å². The molecule has 0 aliphatic heterocycles. The molecular formula is C16H18N2O2. The minimum absolute atomic E-state index is 0.128. The number of nitrogens with zero attached hydrogens (tertiary/aromatic N) is 1. The lowest BCUT2D eigenvalue weighted by Crippen LogP contribution is -2.11. The van der Waals surface area contributed by atoms with Gasteiger partial charge in [-0.1, -0.05) is 19.1 Å². The number of nitrogen functional groups attached to an aromatic ring is 1. The van der Waals surface area contributed by atoms with Gasteiger partial charge in [0.05, 0.1) is 5.56 Å². The number of hydrogen-bond acceptors (Lipinski definition) is 3. The number of benzene rings is 2. The summed E-state index contributed by atoms with van der Waals surface area (Å²) in [6.07, 6.45) is 1.00. The van der Waals surface area contributed by atoms with E-state index in [0.29, 0.717) is 0 Å². The minimum Gasteiger partial charge on any atom is -0.478 e. The van der Waals surface area contributed by atoms with Crippen LogP contribution in [-0.2, 0) is 6.42 Å². The van der Waals surface area contributed by atoms with Crippen molar-refractivity contribution in [1.29, 1.82) is 0 Å². The van der Waals surface area contributed by atoms with Crippen LogP contribution in [0.1, 0.15) is 22.8 Å². The molecular weight excluding hydrogens is 252 g/mol. The van der Waals surface area contributed by atoms with Gasteiger partial charge in [-0.15, -0.1) is 0 Å². The second-order valence-corrected chi connectivity index (χ2v) is 4.66. The van der Waals surface area contributed by atoms with E-state index >= 15 is 0 Å². The topological polar surface area (TPSA) is 66.6 Å². The first kappa shape index (κ1) is 13.9. The molecule has 0 radical (unpaired) electrons. The van der Waals surface area contributed by atoms with Gasteiger partial charge in [-0.25, -0.2) is 4.79 Å². The smallest absolute Gasteiger partial charge is 0.337 e. The Kier molecular flexibility index (Phi) is 3.94. The minimum atomic E-state index is -1.01. The summed E-state index contributed by atoms with van der Waals surface area (Å²) in [5.74, 6) is -1.01. The summed E-state index contributed by atoms with van der Waals surface area (Å²) in [5, 5.41) is 8.98. The van der Waals surface area contributed by atoms with Crippen LogP contribution in [0, 0.1) is 0 Å². The van der Waals surface area contributed by atoms with E-state index in [-0.39, 0.29) is 11.3 Å². The van der Waals surface area contributed by atoms with Crippen LogP contribution in [-0.4, -0.2) is 18.1 Å². The summed E-state index contributed by atoms with van der Waals surface area (Å²) in [5.41, 5.74) is 9.35. The molecule has 2 aromatic rings. The number of carboxylic acid groups (broad SMARTS) is 1. The van der Waals surface area contributed by atoms with E-state index in [4.69, 9.17) is 10.8 Å². The molecule has 20 heavy (non-hydrogen) atoms. The number of nitrogens with two attached hydrogens (primary N) is 1. The van der Waals surface area contributed by atoms with E-state index in [1.54, 1.807) is 12.1 Å². The lowest BCUT2D eigenvalue weighted by Gasteiger charge is -2.20. The lowest BCUT2D eigenvalue weighted by molar-refractivity contribution is 0.0698. The van der Waals surface area contributed by atoms with E-state index in [1.165, 1.54) is 11.6 Å². The number of rotatable bonds is 4. The molecule has 0 fully saturated rings. The van der Waals surface area contributed by atoms with Crippen LogP contribution in [0.2, 0.25) is 0 Å². The fourth-order valence-electron chi connectivity index (χ4n) is 2.06. The average Bonchev–Trinajstić information content (AvgIpc) is 2.46. The third kappa shape index (κ3) is 2.74. The second-order valence-electron chi connectivity index (χ2n) is 4.66. The fourth-order valence-corrected chi connectivity index (χ4v) is 2.06. The van der Waals surface area contributed by atoms with Crippen LogP contribution in [0.15, 0.2) is 42.5 Å². The Morgan fingerprint density at radius 3 is 2.25 bits per heavy atom. The SMILES string of the molecule is CCc1ccc(N(C)c2ccc(C(=O)O)c(N)c2)cc1. The predicted molar refractivity (Wildman–Crippen MR) is 81.7 cm³/mol. The first-order valence-corrected chi connectivity index (χ1v) is 6.48. The van der Waals surface area contributed by atoms with Gasteiger partial charge in [-0.2, -0.15) is 0 Å². The molecule has 4 heteroatoms. The molecule has 0 atom stereocenters. The first-order valence-electron chi connectivity index (χ1n) is 6.48. The number of hydrogen-bond donors (Lipinski definition) is 2. The van der Waals surface area contributed by atoms with Crippen LogP contribution in [0.3, 0.4) is 0 Å². The number of carbonyl (C=O) groups is 1. The Bertz CT molecular complexity index is 621. The van der Waals surface area contributed by atoms with Crippen molar-refractivity contribution in [3.8, 4) is 0 Å². The molecule has 0 aliphatic rings. The van der Waals surface area contributed by atoms with Crippen molar-refractivity contribution in [1.82, 2.24) is 0 Å². The standard InChI is InChI=1S/C16H18N2O2/c1-3-11-4-6-12(7-5-11)18(2)13-8-9-14(16(19)20)15(17)10-13/h4-10H,3,17H2,1-2H3,(H,19,20). The Morgan fingerprint density at radius 2 is 1.75 bits per heavy atom. The van der Waals surface area contributed by atoms with Gasteiger partial charge in [-0.3, -0.25) is 0 Å². The highest BCUT2D eigenvalue weighted by Crippen LogP contribution is 2.27. The highest BCUT2D eigenvalue weighted by atomic mass is 16.4. The molecule has 0 unspecified atom stereocenters. The molecule has 0 spiro atoms. The average molecular weight is 270 g/mol. The maximum Gasteiger partial charge on any atom is 0.337 e. The van der Waals surface area contributed by atoms with Gasteiger partial charge in [0.25, 0.3) is 0 Å². The van der Waals surface area contributed by atoms with Crippen molar-refractivity contribution < 1.29 is 9.90 Å². The summed E-state index contributed by atoms with van der Waals surface area (Å²) in [6.45, 7) is 2.12. The molecule has 0 heterocycles. The summed E-state index contributed by atoms with van der Waals surface area (Å²) in [7, 11) is 1.93. The molecule has 3 N–H and O–H groups in total. The van der Waals surface area contributed by atoms with Gasteiger partial charge in [0.2, 0.25) is 0 Å². The number of carboxylic acids is 1. The Labute approximate surface area is 118 Å². The molecule has 0 bridgehead atoms. The zero-order valence-electron chi connectivity index (χ0n) is 11.6. The maximum absolute atomic E-state index is 10.9. The van der Waals surface area contributed by atoms with Gasteiger partial charge >= 0.3 is 5.97 Å². The predicted octanol–water partition coefficient (Wildman–Crippen LogP) is 3.30. The molecule has 0 saturated heterocycles. The van der Waals surface area contributed by atoms with Crippen molar-refractivity contribution in [3.63, 3.8) is 0 Å².